The molecule has 26 heavy (non-hydrogen) atoms. The molecule has 140 valence electrons. The van der Waals surface area contributed by atoms with Gasteiger partial charge in [0.2, 0.25) is 5.82 Å². The van der Waals surface area contributed by atoms with E-state index in [0.29, 0.717) is 34.7 Å². The Bertz CT molecular complexity index is 877. The summed E-state index contributed by atoms with van der Waals surface area (Å²) in [5.41, 5.74) is 1.49. The van der Waals surface area contributed by atoms with Gasteiger partial charge in [0.15, 0.2) is 5.65 Å². The maximum atomic E-state index is 13.5. The van der Waals surface area contributed by atoms with Crippen LogP contribution in [0.3, 0.4) is 0 Å². The van der Waals surface area contributed by atoms with Crippen molar-refractivity contribution >= 4 is 33.5 Å². The Balaban J connectivity index is 1.85. The SMILES string of the molecule is CC1CCc2nc(SC3=NCCC(C)S3)c3nnc(C(F)(F)F)n3c2C1. The van der Waals surface area contributed by atoms with Gasteiger partial charge in [-0.3, -0.25) is 9.39 Å². The van der Waals surface area contributed by atoms with Crippen molar-refractivity contribution in [3.05, 3.63) is 17.2 Å². The zero-order valence-corrected chi connectivity index (χ0v) is 16.0. The monoisotopic (exact) mass is 401 g/mol. The van der Waals surface area contributed by atoms with Crippen molar-refractivity contribution in [3.8, 4) is 0 Å². The Hall–Kier alpha value is -1.29. The summed E-state index contributed by atoms with van der Waals surface area (Å²) < 4.78 is 42.5. The molecule has 0 bridgehead atoms. The molecule has 2 aromatic rings. The van der Waals surface area contributed by atoms with Crippen molar-refractivity contribution in [2.24, 2.45) is 10.9 Å². The second-order valence-electron chi connectivity index (χ2n) is 6.81. The average molecular weight is 401 g/mol. The fraction of sp³-hybridized carbons (Fsp3) is 0.625. The summed E-state index contributed by atoms with van der Waals surface area (Å²) in [7, 11) is 0. The summed E-state index contributed by atoms with van der Waals surface area (Å²) >= 11 is 2.94. The predicted octanol–water partition coefficient (Wildman–Crippen LogP) is 4.24. The Morgan fingerprint density at radius 3 is 2.73 bits per heavy atom. The lowest BCUT2D eigenvalue weighted by molar-refractivity contribution is -0.145. The van der Waals surface area contributed by atoms with Gasteiger partial charge in [-0.25, -0.2) is 4.98 Å². The molecule has 5 nitrogen and oxygen atoms in total. The molecule has 4 rings (SSSR count). The molecule has 2 aromatic heterocycles. The van der Waals surface area contributed by atoms with E-state index in [1.165, 1.54) is 16.2 Å². The van der Waals surface area contributed by atoms with E-state index in [0.717, 1.165) is 29.5 Å². The number of alkyl halides is 3. The second kappa shape index (κ2) is 6.70. The first-order valence-electron chi connectivity index (χ1n) is 8.56. The van der Waals surface area contributed by atoms with Crippen LogP contribution in [0.2, 0.25) is 0 Å². The first-order valence-corrected chi connectivity index (χ1v) is 10.3. The quantitative estimate of drug-likeness (QED) is 0.715. The van der Waals surface area contributed by atoms with E-state index in [4.69, 9.17) is 0 Å². The normalized spacial score (nSPS) is 23.8. The topological polar surface area (TPSA) is 55.4 Å². The van der Waals surface area contributed by atoms with Gasteiger partial charge in [0.25, 0.3) is 0 Å². The van der Waals surface area contributed by atoms with E-state index in [9.17, 15) is 13.2 Å². The third-order valence-electron chi connectivity index (χ3n) is 4.63. The zero-order chi connectivity index (χ0) is 18.5. The van der Waals surface area contributed by atoms with Gasteiger partial charge in [-0.1, -0.05) is 25.6 Å². The summed E-state index contributed by atoms with van der Waals surface area (Å²) in [6, 6.07) is 0. The van der Waals surface area contributed by atoms with E-state index in [2.05, 4.69) is 27.1 Å². The molecular formula is C16H18F3N5S2. The van der Waals surface area contributed by atoms with Gasteiger partial charge < -0.3 is 0 Å². The van der Waals surface area contributed by atoms with Crippen LogP contribution in [0.5, 0.6) is 0 Å². The highest BCUT2D eigenvalue weighted by atomic mass is 32.2. The molecule has 0 spiro atoms. The van der Waals surface area contributed by atoms with Gasteiger partial charge >= 0.3 is 6.18 Å². The first-order chi connectivity index (χ1) is 12.3. The molecule has 0 fully saturated rings. The third kappa shape index (κ3) is 3.33. The molecule has 2 aliphatic rings. The second-order valence-corrected chi connectivity index (χ2v) is 9.47. The Labute approximate surface area is 157 Å². The molecule has 3 heterocycles. The van der Waals surface area contributed by atoms with Crippen molar-refractivity contribution in [2.75, 3.05) is 6.54 Å². The number of rotatable bonds is 1. The number of hydrogen-bond donors (Lipinski definition) is 0. The van der Waals surface area contributed by atoms with Crippen LogP contribution in [0.15, 0.2) is 10.0 Å². The molecule has 0 saturated heterocycles. The van der Waals surface area contributed by atoms with Crippen LogP contribution in [0.25, 0.3) is 5.65 Å². The first kappa shape index (κ1) is 18.1. The van der Waals surface area contributed by atoms with E-state index in [-0.39, 0.29) is 5.65 Å². The fourth-order valence-corrected chi connectivity index (χ4v) is 5.62. The van der Waals surface area contributed by atoms with E-state index < -0.39 is 12.0 Å². The molecule has 0 radical (unpaired) electrons. The molecule has 1 aliphatic carbocycles. The summed E-state index contributed by atoms with van der Waals surface area (Å²) in [5.74, 6) is -0.651. The standard InChI is InChI=1S/C16H18F3N5S2/c1-8-3-4-10-11(7-8)24-12(22-23-14(24)16(17,18)19)13(21-10)26-15-20-6-5-9(2)25-15/h8-9H,3-7H2,1-2H3. The Morgan fingerprint density at radius 2 is 2.00 bits per heavy atom. The van der Waals surface area contributed by atoms with Crippen molar-refractivity contribution in [1.29, 1.82) is 0 Å². The van der Waals surface area contributed by atoms with Crippen LogP contribution in [0.1, 0.15) is 43.9 Å². The highest BCUT2D eigenvalue weighted by molar-refractivity contribution is 8.39. The maximum Gasteiger partial charge on any atom is 0.452 e. The number of aromatic nitrogens is 4. The van der Waals surface area contributed by atoms with Crippen LogP contribution in [0, 0.1) is 5.92 Å². The lowest BCUT2D eigenvalue weighted by Gasteiger charge is -2.23. The minimum Gasteiger partial charge on any atom is -0.272 e. The van der Waals surface area contributed by atoms with Crippen LogP contribution < -0.4 is 0 Å². The van der Waals surface area contributed by atoms with Crippen molar-refractivity contribution in [1.82, 2.24) is 19.6 Å². The highest BCUT2D eigenvalue weighted by Gasteiger charge is 2.39. The molecule has 2 atom stereocenters. The minimum atomic E-state index is -4.55. The van der Waals surface area contributed by atoms with E-state index >= 15 is 0 Å². The zero-order valence-electron chi connectivity index (χ0n) is 14.4. The molecular weight excluding hydrogens is 383 g/mol. The molecule has 0 aromatic carbocycles. The van der Waals surface area contributed by atoms with Crippen LogP contribution >= 0.6 is 23.5 Å². The molecule has 1 aliphatic heterocycles. The van der Waals surface area contributed by atoms with Crippen molar-refractivity contribution in [3.63, 3.8) is 0 Å². The number of thioether (sulfide) groups is 2. The van der Waals surface area contributed by atoms with Gasteiger partial charge in [-0.05, 0) is 43.4 Å². The van der Waals surface area contributed by atoms with Crippen LogP contribution in [0.4, 0.5) is 13.2 Å². The van der Waals surface area contributed by atoms with Gasteiger partial charge in [-0.15, -0.1) is 10.2 Å². The van der Waals surface area contributed by atoms with Gasteiger partial charge in [0.05, 0.1) is 5.69 Å². The Kier molecular flexibility index (Phi) is 4.66. The number of aryl methyl sites for hydroxylation is 1. The third-order valence-corrected chi connectivity index (χ3v) is 6.90. The van der Waals surface area contributed by atoms with Crippen LogP contribution in [-0.4, -0.2) is 35.8 Å². The number of nitrogens with zero attached hydrogens (tertiary/aromatic N) is 5. The van der Waals surface area contributed by atoms with Crippen molar-refractivity contribution in [2.45, 2.75) is 56.0 Å². The summed E-state index contributed by atoms with van der Waals surface area (Å²) in [6.07, 6.45) is -1.40. The van der Waals surface area contributed by atoms with E-state index in [1.54, 1.807) is 11.8 Å². The largest absolute Gasteiger partial charge is 0.452 e. The summed E-state index contributed by atoms with van der Waals surface area (Å²) in [4.78, 5) is 9.15. The molecule has 0 saturated carbocycles. The van der Waals surface area contributed by atoms with Gasteiger partial charge in [-0.2, -0.15) is 13.2 Å². The molecule has 10 heteroatoms. The molecule has 0 amide bonds. The van der Waals surface area contributed by atoms with Crippen molar-refractivity contribution < 1.29 is 13.2 Å². The number of hydrogen-bond acceptors (Lipinski definition) is 6. The summed E-state index contributed by atoms with van der Waals surface area (Å²) in [6.45, 7) is 4.90. The van der Waals surface area contributed by atoms with Gasteiger partial charge in [0.1, 0.15) is 9.40 Å². The fourth-order valence-electron chi connectivity index (χ4n) is 3.27. The number of aliphatic imine (C=N–C) groups is 1. The predicted molar refractivity (Wildman–Crippen MR) is 96.8 cm³/mol. The Morgan fingerprint density at radius 1 is 1.19 bits per heavy atom. The number of fused-ring (bicyclic) bond motifs is 3. The van der Waals surface area contributed by atoms with Crippen LogP contribution in [-0.2, 0) is 19.0 Å². The van der Waals surface area contributed by atoms with Gasteiger partial charge in [0, 0.05) is 17.5 Å². The smallest absolute Gasteiger partial charge is 0.272 e. The molecule has 2 unspecified atom stereocenters. The molecule has 0 N–H and O–H groups in total. The number of halogens is 3. The highest BCUT2D eigenvalue weighted by Crippen LogP contribution is 2.37. The maximum absolute atomic E-state index is 13.5. The summed E-state index contributed by atoms with van der Waals surface area (Å²) in [5, 5.41) is 8.20. The lowest BCUT2D eigenvalue weighted by Crippen LogP contribution is -2.21. The van der Waals surface area contributed by atoms with E-state index in [1.807, 2.05) is 6.92 Å². The average Bonchev–Trinajstić information content (AvgIpc) is 3.01. The lowest BCUT2D eigenvalue weighted by atomic mass is 9.91. The minimum absolute atomic E-state index is 0.178.